The predicted molar refractivity (Wildman–Crippen MR) is 87.4 cm³/mol. The first-order valence-electron chi connectivity index (χ1n) is 6.74. The number of amides is 2. The van der Waals surface area contributed by atoms with Crippen molar-refractivity contribution in [2.75, 3.05) is 6.54 Å². The lowest BCUT2D eigenvalue weighted by Gasteiger charge is -2.08. The lowest BCUT2D eigenvalue weighted by Crippen LogP contribution is -2.29. The van der Waals surface area contributed by atoms with Crippen molar-refractivity contribution in [3.8, 4) is 0 Å². The maximum Gasteiger partial charge on any atom is 0.262 e. The molecule has 116 valence electrons. The van der Waals surface area contributed by atoms with Gasteiger partial charge < -0.3 is 16.8 Å². The van der Waals surface area contributed by atoms with Gasteiger partial charge in [-0.05, 0) is 12.0 Å². The van der Waals surface area contributed by atoms with Crippen molar-refractivity contribution in [3.05, 3.63) is 35.9 Å². The molecule has 8 heteroatoms. The van der Waals surface area contributed by atoms with Crippen LogP contribution in [0.5, 0.6) is 0 Å². The summed E-state index contributed by atoms with van der Waals surface area (Å²) >= 11 is 1.10. The Balaban J connectivity index is 1.74. The van der Waals surface area contributed by atoms with Crippen LogP contribution in [0.25, 0.3) is 0 Å². The van der Waals surface area contributed by atoms with Gasteiger partial charge in [0.15, 0.2) is 11.1 Å². The van der Waals surface area contributed by atoms with E-state index in [0.717, 1.165) is 23.7 Å². The molecule has 1 aromatic rings. The Labute approximate surface area is 132 Å². The van der Waals surface area contributed by atoms with Crippen molar-refractivity contribution < 1.29 is 9.59 Å². The molecule has 22 heavy (non-hydrogen) atoms. The smallest absolute Gasteiger partial charge is 0.262 e. The van der Waals surface area contributed by atoms with Crippen molar-refractivity contribution in [2.24, 2.45) is 21.5 Å². The molecule has 1 aromatic carbocycles. The SMILES string of the molecule is NC(N)=NC1=NC(=O)C(CC(=O)NCCc2ccccc2)S1. The van der Waals surface area contributed by atoms with E-state index >= 15 is 0 Å². The standard InChI is InChI=1S/C14H17N5O2S/c15-13(16)19-14-18-12(21)10(22-14)8-11(20)17-7-6-9-4-2-1-3-5-9/h1-5,10H,6-8H2,(H,17,20)(H4,15,16,18,19,21). The molecule has 0 spiro atoms. The number of nitrogens with one attached hydrogen (secondary N) is 1. The Bertz CT molecular complexity index is 611. The van der Waals surface area contributed by atoms with Crippen LogP contribution < -0.4 is 16.8 Å². The Morgan fingerprint density at radius 2 is 2.05 bits per heavy atom. The summed E-state index contributed by atoms with van der Waals surface area (Å²) in [6, 6.07) is 9.84. The van der Waals surface area contributed by atoms with Gasteiger partial charge in [-0.1, -0.05) is 42.1 Å². The number of thioether (sulfide) groups is 1. The van der Waals surface area contributed by atoms with E-state index in [2.05, 4.69) is 15.3 Å². The molecule has 0 aromatic heterocycles. The van der Waals surface area contributed by atoms with Crippen LogP contribution >= 0.6 is 11.8 Å². The summed E-state index contributed by atoms with van der Waals surface area (Å²) < 4.78 is 0. The molecule has 0 saturated carbocycles. The van der Waals surface area contributed by atoms with Gasteiger partial charge in [-0.15, -0.1) is 0 Å². The minimum absolute atomic E-state index is 0.0608. The van der Waals surface area contributed by atoms with Crippen LogP contribution in [0.4, 0.5) is 0 Å². The molecule has 2 rings (SSSR count). The van der Waals surface area contributed by atoms with Crippen LogP contribution in [0.15, 0.2) is 40.3 Å². The van der Waals surface area contributed by atoms with Gasteiger partial charge in [-0.3, -0.25) is 9.59 Å². The molecule has 1 atom stereocenters. The number of guanidine groups is 1. The van der Waals surface area contributed by atoms with Crippen LogP contribution in [-0.4, -0.2) is 34.7 Å². The molecule has 1 aliphatic heterocycles. The summed E-state index contributed by atoms with van der Waals surface area (Å²) in [5.41, 5.74) is 11.6. The maximum absolute atomic E-state index is 11.9. The highest BCUT2D eigenvalue weighted by molar-refractivity contribution is 8.15. The number of aliphatic imine (C=N–C) groups is 2. The number of hydrogen-bond donors (Lipinski definition) is 3. The summed E-state index contributed by atoms with van der Waals surface area (Å²) in [7, 11) is 0. The molecule has 1 heterocycles. The Hall–Kier alpha value is -2.35. The number of hydrogen-bond acceptors (Lipinski definition) is 4. The minimum Gasteiger partial charge on any atom is -0.370 e. The first kappa shape index (κ1) is 16.0. The normalized spacial score (nSPS) is 17.0. The van der Waals surface area contributed by atoms with Crippen molar-refractivity contribution >= 4 is 34.7 Å². The summed E-state index contributed by atoms with van der Waals surface area (Å²) in [5, 5.41) is 2.43. The first-order chi connectivity index (χ1) is 10.5. The summed E-state index contributed by atoms with van der Waals surface area (Å²) in [5.74, 6) is -0.738. The predicted octanol–water partition coefficient (Wildman–Crippen LogP) is 0.00680. The lowest BCUT2D eigenvalue weighted by atomic mass is 10.1. The quantitative estimate of drug-likeness (QED) is 0.521. The van der Waals surface area contributed by atoms with Crippen molar-refractivity contribution in [1.82, 2.24) is 5.32 Å². The fourth-order valence-corrected chi connectivity index (χ4v) is 2.84. The van der Waals surface area contributed by atoms with E-state index in [0.29, 0.717) is 6.54 Å². The number of carbonyl (C=O) groups is 2. The van der Waals surface area contributed by atoms with Crippen LogP contribution in [0.3, 0.4) is 0 Å². The zero-order valence-electron chi connectivity index (χ0n) is 11.9. The van der Waals surface area contributed by atoms with Crippen molar-refractivity contribution in [2.45, 2.75) is 18.1 Å². The summed E-state index contributed by atoms with van der Waals surface area (Å²) in [6.45, 7) is 0.524. The van der Waals surface area contributed by atoms with E-state index in [1.807, 2.05) is 30.3 Å². The van der Waals surface area contributed by atoms with E-state index in [1.54, 1.807) is 0 Å². The molecule has 0 aliphatic carbocycles. The van der Waals surface area contributed by atoms with Crippen molar-refractivity contribution in [1.29, 1.82) is 0 Å². The second kappa shape index (κ2) is 7.60. The average molecular weight is 319 g/mol. The molecule has 7 nitrogen and oxygen atoms in total. The third-order valence-electron chi connectivity index (χ3n) is 2.90. The number of amidine groups is 1. The fourth-order valence-electron chi connectivity index (χ4n) is 1.89. The largest absolute Gasteiger partial charge is 0.370 e. The van der Waals surface area contributed by atoms with E-state index in [4.69, 9.17) is 11.5 Å². The molecular weight excluding hydrogens is 302 g/mol. The fraction of sp³-hybridized carbons (Fsp3) is 0.286. The molecule has 1 unspecified atom stereocenters. The molecule has 0 fully saturated rings. The second-order valence-electron chi connectivity index (χ2n) is 4.67. The molecule has 5 N–H and O–H groups in total. The summed E-state index contributed by atoms with van der Waals surface area (Å²) in [6.07, 6.45) is 0.805. The highest BCUT2D eigenvalue weighted by Crippen LogP contribution is 2.25. The van der Waals surface area contributed by atoms with Gasteiger partial charge in [-0.2, -0.15) is 9.98 Å². The lowest BCUT2D eigenvalue weighted by molar-refractivity contribution is -0.124. The van der Waals surface area contributed by atoms with E-state index in [9.17, 15) is 9.59 Å². The minimum atomic E-state index is -0.560. The molecular formula is C14H17N5O2S. The number of nitrogens with two attached hydrogens (primary N) is 2. The topological polar surface area (TPSA) is 123 Å². The van der Waals surface area contributed by atoms with E-state index < -0.39 is 5.25 Å². The third-order valence-corrected chi connectivity index (χ3v) is 3.95. The number of benzene rings is 1. The van der Waals surface area contributed by atoms with Crippen LogP contribution in [0, 0.1) is 0 Å². The number of nitrogens with zero attached hydrogens (tertiary/aromatic N) is 2. The first-order valence-corrected chi connectivity index (χ1v) is 7.62. The second-order valence-corrected chi connectivity index (χ2v) is 5.84. The number of rotatable bonds is 5. The Morgan fingerprint density at radius 3 is 2.73 bits per heavy atom. The zero-order chi connectivity index (χ0) is 15.9. The van der Waals surface area contributed by atoms with Crippen molar-refractivity contribution in [3.63, 3.8) is 0 Å². The van der Waals surface area contributed by atoms with Gasteiger partial charge >= 0.3 is 0 Å². The highest BCUT2D eigenvalue weighted by Gasteiger charge is 2.30. The highest BCUT2D eigenvalue weighted by atomic mass is 32.2. The molecule has 0 radical (unpaired) electrons. The summed E-state index contributed by atoms with van der Waals surface area (Å²) in [4.78, 5) is 30.9. The molecule has 0 bridgehead atoms. The van der Waals surface area contributed by atoms with Gasteiger partial charge in [0.1, 0.15) is 5.25 Å². The van der Waals surface area contributed by atoms with E-state index in [1.165, 1.54) is 0 Å². The third kappa shape index (κ3) is 4.88. The zero-order valence-corrected chi connectivity index (χ0v) is 12.7. The van der Waals surface area contributed by atoms with Gasteiger partial charge in [0.25, 0.3) is 5.91 Å². The van der Waals surface area contributed by atoms with Gasteiger partial charge in [0.05, 0.1) is 0 Å². The average Bonchev–Trinajstić information content (AvgIpc) is 2.79. The Morgan fingerprint density at radius 1 is 1.32 bits per heavy atom. The molecule has 1 aliphatic rings. The Kier molecular flexibility index (Phi) is 5.54. The molecule has 0 saturated heterocycles. The van der Waals surface area contributed by atoms with Gasteiger partial charge in [0.2, 0.25) is 5.91 Å². The van der Waals surface area contributed by atoms with Crippen LogP contribution in [-0.2, 0) is 16.0 Å². The van der Waals surface area contributed by atoms with Crippen LogP contribution in [0.2, 0.25) is 0 Å². The van der Waals surface area contributed by atoms with E-state index in [-0.39, 0.29) is 29.4 Å². The monoisotopic (exact) mass is 319 g/mol. The maximum atomic E-state index is 11.9. The van der Waals surface area contributed by atoms with Gasteiger partial charge in [-0.25, -0.2) is 0 Å². The van der Waals surface area contributed by atoms with Gasteiger partial charge in [0, 0.05) is 13.0 Å². The molecule has 2 amide bonds. The number of carbonyl (C=O) groups excluding carboxylic acids is 2. The van der Waals surface area contributed by atoms with Crippen LogP contribution in [0.1, 0.15) is 12.0 Å².